The summed E-state index contributed by atoms with van der Waals surface area (Å²) in [7, 11) is 1.63. The number of benzene rings is 2. The smallest absolute Gasteiger partial charge is 0.332 e. The molecule has 1 fully saturated rings. The van der Waals surface area contributed by atoms with Crippen molar-refractivity contribution in [1.29, 1.82) is 0 Å². The topological polar surface area (TPSA) is 59.6 Å². The number of aliphatic hydroxyl groups is 1. The highest BCUT2D eigenvalue weighted by atomic mass is 35.5. The third-order valence-corrected chi connectivity index (χ3v) is 6.66. The number of ether oxygens (including phenoxy) is 1. The second-order valence-electron chi connectivity index (χ2n) is 8.38. The third kappa shape index (κ3) is 3.62. The van der Waals surface area contributed by atoms with E-state index in [4.69, 9.17) is 16.3 Å². The minimum absolute atomic E-state index is 0.0405. The molecule has 0 amide bonds. The lowest BCUT2D eigenvalue weighted by Crippen LogP contribution is -2.39. The molecule has 2 aliphatic rings. The Kier molecular flexibility index (Phi) is 5.31. The Balaban J connectivity index is 1.54. The Morgan fingerprint density at radius 2 is 2.00 bits per heavy atom. The molecule has 0 radical (unpaired) electrons. The van der Waals surface area contributed by atoms with E-state index in [1.54, 1.807) is 19.4 Å². The summed E-state index contributed by atoms with van der Waals surface area (Å²) in [6, 6.07) is 6.61. The largest absolute Gasteiger partial charge is 0.481 e. The number of aryl methyl sites for hydroxylation is 1. The van der Waals surface area contributed by atoms with Crippen molar-refractivity contribution in [3.63, 3.8) is 0 Å². The first-order valence-corrected chi connectivity index (χ1v) is 10.8. The van der Waals surface area contributed by atoms with Crippen molar-refractivity contribution in [3.05, 3.63) is 81.0 Å². The molecule has 0 bridgehead atoms. The Labute approximate surface area is 188 Å². The van der Waals surface area contributed by atoms with Crippen molar-refractivity contribution in [2.75, 3.05) is 13.1 Å². The van der Waals surface area contributed by atoms with Crippen LogP contribution >= 0.6 is 11.6 Å². The van der Waals surface area contributed by atoms with Crippen LogP contribution in [0.15, 0.2) is 47.5 Å². The number of halogens is 3. The number of rotatable bonds is 4. The highest BCUT2D eigenvalue weighted by Gasteiger charge is 2.42. The van der Waals surface area contributed by atoms with Crippen LogP contribution in [0.5, 0.6) is 5.75 Å². The van der Waals surface area contributed by atoms with Gasteiger partial charge in [-0.2, -0.15) is 0 Å². The fourth-order valence-electron chi connectivity index (χ4n) is 4.68. The molecular weight excluding hydrogens is 440 g/mol. The summed E-state index contributed by atoms with van der Waals surface area (Å²) in [5.41, 5.74) is 1.52. The van der Waals surface area contributed by atoms with E-state index in [1.165, 1.54) is 39.5 Å². The molecule has 3 aromatic rings. The average Bonchev–Trinajstić information content (AvgIpc) is 3.42. The fraction of sp³-hybridized carbons (Fsp3) is 0.348. The quantitative estimate of drug-likeness (QED) is 0.648. The van der Waals surface area contributed by atoms with E-state index in [0.717, 1.165) is 5.56 Å². The average molecular weight is 462 g/mol. The van der Waals surface area contributed by atoms with Crippen LogP contribution in [0, 0.1) is 11.6 Å². The van der Waals surface area contributed by atoms with Crippen molar-refractivity contribution >= 4 is 11.6 Å². The lowest BCUT2D eigenvalue weighted by Gasteiger charge is -2.30. The molecule has 0 saturated carbocycles. The summed E-state index contributed by atoms with van der Waals surface area (Å²) in [5.74, 6) is -1.12. The van der Waals surface area contributed by atoms with Gasteiger partial charge in [0.1, 0.15) is 11.9 Å². The van der Waals surface area contributed by atoms with Crippen LogP contribution in [-0.2, 0) is 13.5 Å². The molecule has 0 spiro atoms. The normalized spacial score (nSPS) is 23.0. The van der Waals surface area contributed by atoms with Crippen molar-refractivity contribution in [1.82, 2.24) is 14.0 Å². The second-order valence-corrected chi connectivity index (χ2v) is 8.79. The van der Waals surface area contributed by atoms with Gasteiger partial charge in [-0.15, -0.1) is 0 Å². The van der Waals surface area contributed by atoms with Gasteiger partial charge in [0.15, 0.2) is 11.6 Å². The molecule has 1 aliphatic heterocycles. The Morgan fingerprint density at radius 3 is 2.69 bits per heavy atom. The van der Waals surface area contributed by atoms with E-state index in [-0.39, 0.29) is 17.5 Å². The number of hydrogen-bond donors (Lipinski definition) is 1. The Morgan fingerprint density at radius 1 is 1.19 bits per heavy atom. The fourth-order valence-corrected chi connectivity index (χ4v) is 4.97. The highest BCUT2D eigenvalue weighted by molar-refractivity contribution is 6.31. The number of imidazole rings is 1. The second kappa shape index (κ2) is 8.03. The van der Waals surface area contributed by atoms with E-state index >= 15 is 0 Å². The lowest BCUT2D eigenvalue weighted by atomic mass is 10.1. The predicted octanol–water partition coefficient (Wildman–Crippen LogP) is 3.22. The third-order valence-electron chi connectivity index (χ3n) is 6.32. The molecule has 6 nitrogen and oxygen atoms in total. The maximum Gasteiger partial charge on any atom is 0.332 e. The molecule has 1 aliphatic carbocycles. The SMILES string of the molecule is Cn1ccn(-c2ccc(F)c(O[C@H]3c4cc(F)cc(Cl)c4C[C@@H]3N3CC[C@@H](O)C3)c2)c1=O. The minimum Gasteiger partial charge on any atom is -0.481 e. The van der Waals surface area contributed by atoms with E-state index in [1.807, 2.05) is 0 Å². The number of nitrogens with zero attached hydrogens (tertiary/aromatic N) is 3. The number of aromatic nitrogens is 2. The number of fused-ring (bicyclic) bond motifs is 1. The number of hydrogen-bond acceptors (Lipinski definition) is 4. The molecule has 2 heterocycles. The molecular formula is C23H22ClF2N3O3. The zero-order valence-electron chi connectivity index (χ0n) is 17.3. The molecule has 168 valence electrons. The lowest BCUT2D eigenvalue weighted by molar-refractivity contribution is 0.0789. The summed E-state index contributed by atoms with van der Waals surface area (Å²) < 4.78 is 37.9. The Hall–Kier alpha value is -2.68. The van der Waals surface area contributed by atoms with Gasteiger partial charge < -0.3 is 14.4 Å². The van der Waals surface area contributed by atoms with E-state index in [0.29, 0.717) is 42.2 Å². The molecule has 1 N–H and O–H groups in total. The molecule has 3 atom stereocenters. The molecule has 1 aromatic heterocycles. The monoisotopic (exact) mass is 461 g/mol. The van der Waals surface area contributed by atoms with Crippen molar-refractivity contribution in [2.45, 2.75) is 31.1 Å². The van der Waals surface area contributed by atoms with E-state index in [9.17, 15) is 18.7 Å². The molecule has 2 aromatic carbocycles. The first-order valence-electron chi connectivity index (χ1n) is 10.4. The van der Waals surface area contributed by atoms with Crippen LogP contribution < -0.4 is 10.4 Å². The maximum atomic E-state index is 14.8. The van der Waals surface area contributed by atoms with Crippen LogP contribution in [0.2, 0.25) is 5.02 Å². The Bertz CT molecular complexity index is 1240. The summed E-state index contributed by atoms with van der Waals surface area (Å²) in [6.45, 7) is 1.11. The molecule has 32 heavy (non-hydrogen) atoms. The van der Waals surface area contributed by atoms with Gasteiger partial charge in [0, 0.05) is 49.2 Å². The summed E-state index contributed by atoms with van der Waals surface area (Å²) in [4.78, 5) is 14.4. The summed E-state index contributed by atoms with van der Waals surface area (Å²) in [5, 5.41) is 10.3. The van der Waals surface area contributed by atoms with Gasteiger partial charge in [-0.3, -0.25) is 9.47 Å². The van der Waals surface area contributed by atoms with Gasteiger partial charge in [-0.1, -0.05) is 11.6 Å². The van der Waals surface area contributed by atoms with E-state index in [2.05, 4.69) is 4.90 Å². The molecule has 5 rings (SSSR count). The zero-order chi connectivity index (χ0) is 22.6. The molecule has 1 saturated heterocycles. The van der Waals surface area contributed by atoms with E-state index < -0.39 is 23.8 Å². The highest BCUT2D eigenvalue weighted by Crippen LogP contribution is 2.43. The van der Waals surface area contributed by atoms with Crippen LogP contribution in [0.3, 0.4) is 0 Å². The van der Waals surface area contributed by atoms with Crippen LogP contribution in [0.4, 0.5) is 8.78 Å². The van der Waals surface area contributed by atoms with Crippen molar-refractivity contribution in [3.8, 4) is 11.4 Å². The van der Waals surface area contributed by atoms with Gasteiger partial charge in [0.05, 0.1) is 17.8 Å². The van der Waals surface area contributed by atoms with Crippen LogP contribution in [0.1, 0.15) is 23.7 Å². The molecule has 9 heteroatoms. The van der Waals surface area contributed by atoms with Gasteiger partial charge >= 0.3 is 5.69 Å². The van der Waals surface area contributed by atoms with Gasteiger partial charge in [0.2, 0.25) is 0 Å². The first-order chi connectivity index (χ1) is 15.3. The van der Waals surface area contributed by atoms with Crippen LogP contribution in [0.25, 0.3) is 5.69 Å². The van der Waals surface area contributed by atoms with Crippen molar-refractivity contribution < 1.29 is 18.6 Å². The van der Waals surface area contributed by atoms with Crippen molar-refractivity contribution in [2.24, 2.45) is 7.05 Å². The first kappa shape index (κ1) is 21.2. The van der Waals surface area contributed by atoms with Gasteiger partial charge in [-0.05, 0) is 42.7 Å². The molecule has 0 unspecified atom stereocenters. The predicted molar refractivity (Wildman–Crippen MR) is 115 cm³/mol. The summed E-state index contributed by atoms with van der Waals surface area (Å²) >= 11 is 6.32. The van der Waals surface area contributed by atoms with Crippen LogP contribution in [-0.4, -0.2) is 44.4 Å². The van der Waals surface area contributed by atoms with Gasteiger partial charge in [0.25, 0.3) is 0 Å². The zero-order valence-corrected chi connectivity index (χ0v) is 18.1. The number of aliphatic hydroxyl groups excluding tert-OH is 1. The maximum absolute atomic E-state index is 14.8. The summed E-state index contributed by atoms with van der Waals surface area (Å²) in [6.07, 6.45) is 3.21. The number of likely N-dealkylation sites (tertiary alicyclic amines) is 1. The standard InChI is InChI=1S/C23H22ClF2N3O3/c1-27-6-7-29(23(27)31)14-2-3-19(26)21(10-14)32-22-17-8-13(25)9-18(24)16(17)11-20(22)28-5-4-15(30)12-28/h2-3,6-10,15,20,22,30H,4-5,11-12H2,1H3/t15-,20+,22+/m1/s1. The van der Waals surface area contributed by atoms with Gasteiger partial charge in [-0.25, -0.2) is 13.6 Å². The minimum atomic E-state index is -0.680. The number of β-amino-alcohol motifs (C(OH)–C–C–N with tert-alkyl or cyclic N) is 1.